The summed E-state index contributed by atoms with van der Waals surface area (Å²) in [4.78, 5) is 14.6. The average molecular weight is 420 g/mol. The largest absolute Gasteiger partial charge is 0.338 e. The minimum atomic E-state index is -3.07. The van der Waals surface area contributed by atoms with Crippen molar-refractivity contribution >= 4 is 15.7 Å². The maximum Gasteiger partial charge on any atom is 0.253 e. The van der Waals surface area contributed by atoms with Crippen LogP contribution in [0.5, 0.6) is 0 Å². The molecule has 0 N–H and O–H groups in total. The van der Waals surface area contributed by atoms with Gasteiger partial charge >= 0.3 is 0 Å². The topological polar surface area (TPSA) is 72.3 Å². The number of aromatic nitrogens is 2. The highest BCUT2D eigenvalue weighted by atomic mass is 32.2. The van der Waals surface area contributed by atoms with Crippen LogP contribution < -0.4 is 0 Å². The molecule has 1 fully saturated rings. The van der Waals surface area contributed by atoms with E-state index >= 15 is 0 Å². The Morgan fingerprint density at radius 3 is 2.60 bits per heavy atom. The first-order chi connectivity index (χ1) is 14.4. The summed E-state index contributed by atoms with van der Waals surface area (Å²) in [5, 5.41) is 4.28. The Morgan fingerprint density at radius 2 is 1.93 bits per heavy atom. The first-order valence-corrected chi connectivity index (χ1v) is 11.4. The van der Waals surface area contributed by atoms with Gasteiger partial charge in [-0.3, -0.25) is 4.79 Å². The zero-order chi connectivity index (χ0) is 21.1. The summed E-state index contributed by atoms with van der Waals surface area (Å²) < 4.78 is 25.3. The first kappa shape index (κ1) is 19.9. The molecular formula is C23H21N3O3S. The minimum absolute atomic E-state index is 0.0152. The van der Waals surface area contributed by atoms with Crippen LogP contribution in [0.25, 0.3) is 5.69 Å². The van der Waals surface area contributed by atoms with Gasteiger partial charge in [-0.1, -0.05) is 30.0 Å². The zero-order valence-electron chi connectivity index (χ0n) is 16.5. The van der Waals surface area contributed by atoms with Gasteiger partial charge in [0.2, 0.25) is 0 Å². The highest BCUT2D eigenvalue weighted by Crippen LogP contribution is 2.21. The normalized spacial score (nSPS) is 17.2. The average Bonchev–Trinajstić information content (AvgIpc) is 3.41. The molecule has 152 valence electrons. The standard InChI is InChI=1S/C23H21N3O3S/c1-25(21-12-15-30(28,29)17-21)23(27)20-10-11-22(26-14-5-13-24-26)19(16-20)9-8-18-6-3-2-4-7-18/h2-7,10-11,13-14,16,21H,12,15,17H2,1H3/t21-/m0/s1. The van der Waals surface area contributed by atoms with Crippen molar-refractivity contribution in [1.29, 1.82) is 0 Å². The van der Waals surface area contributed by atoms with E-state index in [1.54, 1.807) is 30.1 Å². The molecule has 1 aliphatic heterocycles. The molecule has 4 rings (SSSR count). The van der Waals surface area contributed by atoms with Crippen LogP contribution in [0.1, 0.15) is 27.9 Å². The monoisotopic (exact) mass is 419 g/mol. The van der Waals surface area contributed by atoms with Crippen LogP contribution >= 0.6 is 0 Å². The van der Waals surface area contributed by atoms with Crippen molar-refractivity contribution in [1.82, 2.24) is 14.7 Å². The molecule has 0 bridgehead atoms. The van der Waals surface area contributed by atoms with Crippen LogP contribution in [0.4, 0.5) is 0 Å². The van der Waals surface area contributed by atoms with Crippen LogP contribution in [-0.2, 0) is 9.84 Å². The molecule has 3 aromatic rings. The van der Waals surface area contributed by atoms with Crippen LogP contribution in [0.15, 0.2) is 67.0 Å². The summed E-state index contributed by atoms with van der Waals surface area (Å²) >= 11 is 0. The predicted molar refractivity (Wildman–Crippen MR) is 115 cm³/mol. The molecule has 2 heterocycles. The molecule has 2 aromatic carbocycles. The molecule has 30 heavy (non-hydrogen) atoms. The van der Waals surface area contributed by atoms with Crippen molar-refractivity contribution in [2.75, 3.05) is 18.6 Å². The number of carbonyl (C=O) groups excluding carboxylic acids is 1. The van der Waals surface area contributed by atoms with E-state index in [2.05, 4.69) is 16.9 Å². The summed E-state index contributed by atoms with van der Waals surface area (Å²) in [6, 6.07) is 16.4. The second kappa shape index (κ2) is 8.17. The van der Waals surface area contributed by atoms with E-state index in [-0.39, 0.29) is 23.5 Å². The van der Waals surface area contributed by atoms with E-state index in [0.717, 1.165) is 11.3 Å². The van der Waals surface area contributed by atoms with Gasteiger partial charge in [0.15, 0.2) is 9.84 Å². The Kier molecular flexibility index (Phi) is 5.42. The lowest BCUT2D eigenvalue weighted by Crippen LogP contribution is -2.37. The number of amides is 1. The lowest BCUT2D eigenvalue weighted by molar-refractivity contribution is 0.0747. The fraction of sp³-hybridized carbons (Fsp3) is 0.217. The molecule has 0 unspecified atom stereocenters. The third kappa shape index (κ3) is 4.29. The third-order valence-corrected chi connectivity index (χ3v) is 6.94. The van der Waals surface area contributed by atoms with E-state index in [1.807, 2.05) is 48.7 Å². The van der Waals surface area contributed by atoms with Crippen molar-refractivity contribution in [3.05, 3.63) is 83.7 Å². The quantitative estimate of drug-likeness (QED) is 0.612. The number of carbonyl (C=O) groups is 1. The van der Waals surface area contributed by atoms with Gasteiger partial charge in [0.25, 0.3) is 5.91 Å². The van der Waals surface area contributed by atoms with Gasteiger partial charge in [-0.25, -0.2) is 13.1 Å². The van der Waals surface area contributed by atoms with E-state index < -0.39 is 9.84 Å². The van der Waals surface area contributed by atoms with Gasteiger partial charge in [0.1, 0.15) is 0 Å². The van der Waals surface area contributed by atoms with Crippen LogP contribution in [0, 0.1) is 11.8 Å². The van der Waals surface area contributed by atoms with Crippen molar-refractivity contribution in [3.8, 4) is 17.5 Å². The molecule has 0 radical (unpaired) electrons. The van der Waals surface area contributed by atoms with Crippen molar-refractivity contribution in [2.45, 2.75) is 12.5 Å². The lowest BCUT2D eigenvalue weighted by Gasteiger charge is -2.23. The fourth-order valence-electron chi connectivity index (χ4n) is 3.49. The molecule has 0 aliphatic carbocycles. The van der Waals surface area contributed by atoms with Gasteiger partial charge in [-0.15, -0.1) is 0 Å². The highest BCUT2D eigenvalue weighted by Gasteiger charge is 2.33. The lowest BCUT2D eigenvalue weighted by atomic mass is 10.1. The Balaban J connectivity index is 1.68. The zero-order valence-corrected chi connectivity index (χ0v) is 17.3. The summed E-state index contributed by atoms with van der Waals surface area (Å²) in [6.45, 7) is 0. The molecule has 0 saturated carbocycles. The van der Waals surface area contributed by atoms with E-state index in [1.165, 1.54) is 4.90 Å². The number of rotatable bonds is 3. The summed E-state index contributed by atoms with van der Waals surface area (Å²) in [7, 11) is -1.41. The maximum absolute atomic E-state index is 13.0. The van der Waals surface area contributed by atoms with Gasteiger partial charge < -0.3 is 4.90 Å². The smallest absolute Gasteiger partial charge is 0.253 e. The molecule has 1 amide bonds. The van der Waals surface area contributed by atoms with Gasteiger partial charge in [-0.05, 0) is 42.8 Å². The van der Waals surface area contributed by atoms with Crippen LogP contribution in [0.3, 0.4) is 0 Å². The molecule has 7 heteroatoms. The Bertz CT molecular complexity index is 1220. The molecule has 1 atom stereocenters. The van der Waals surface area contributed by atoms with Gasteiger partial charge in [-0.2, -0.15) is 5.10 Å². The Labute approximate surface area is 176 Å². The SMILES string of the molecule is CN(C(=O)c1ccc(-n2cccn2)c(C#Cc2ccccc2)c1)[C@H]1CCS(=O)(=O)C1. The number of nitrogens with zero attached hydrogens (tertiary/aromatic N) is 3. The molecule has 1 aromatic heterocycles. The minimum Gasteiger partial charge on any atom is -0.338 e. The number of benzene rings is 2. The van der Waals surface area contributed by atoms with Crippen molar-refractivity contribution in [3.63, 3.8) is 0 Å². The molecule has 6 nitrogen and oxygen atoms in total. The Morgan fingerprint density at radius 1 is 1.13 bits per heavy atom. The maximum atomic E-state index is 13.0. The van der Waals surface area contributed by atoms with E-state index in [9.17, 15) is 13.2 Å². The number of hydrogen-bond acceptors (Lipinski definition) is 4. The molecule has 0 spiro atoms. The molecule has 1 saturated heterocycles. The molecule has 1 aliphatic rings. The summed E-state index contributed by atoms with van der Waals surface area (Å²) in [5.41, 5.74) is 2.77. The fourth-order valence-corrected chi connectivity index (χ4v) is 5.27. The summed E-state index contributed by atoms with van der Waals surface area (Å²) in [6.07, 6.45) is 3.97. The van der Waals surface area contributed by atoms with Gasteiger partial charge in [0, 0.05) is 36.6 Å². The molecular weight excluding hydrogens is 398 g/mol. The van der Waals surface area contributed by atoms with Crippen molar-refractivity contribution < 1.29 is 13.2 Å². The second-order valence-electron chi connectivity index (χ2n) is 7.27. The van der Waals surface area contributed by atoms with E-state index in [0.29, 0.717) is 17.5 Å². The first-order valence-electron chi connectivity index (χ1n) is 9.62. The van der Waals surface area contributed by atoms with Crippen LogP contribution in [0.2, 0.25) is 0 Å². The third-order valence-electron chi connectivity index (χ3n) is 5.19. The highest BCUT2D eigenvalue weighted by molar-refractivity contribution is 7.91. The van der Waals surface area contributed by atoms with Crippen molar-refractivity contribution in [2.24, 2.45) is 0 Å². The van der Waals surface area contributed by atoms with Gasteiger partial charge in [0.05, 0.1) is 22.8 Å². The van der Waals surface area contributed by atoms with E-state index in [4.69, 9.17) is 0 Å². The second-order valence-corrected chi connectivity index (χ2v) is 9.50. The predicted octanol–water partition coefficient (Wildman–Crippen LogP) is 2.53. The number of hydrogen-bond donors (Lipinski definition) is 0. The Hall–Kier alpha value is -3.37. The summed E-state index contributed by atoms with van der Waals surface area (Å²) in [5.74, 6) is 6.21. The van der Waals surface area contributed by atoms with Crippen LogP contribution in [-0.4, -0.2) is 53.6 Å². The number of sulfone groups is 1.